The van der Waals surface area contributed by atoms with Crippen molar-refractivity contribution in [3.63, 3.8) is 0 Å². The highest BCUT2D eigenvalue weighted by molar-refractivity contribution is 6.42. The van der Waals surface area contributed by atoms with Gasteiger partial charge in [0.25, 0.3) is 0 Å². The van der Waals surface area contributed by atoms with E-state index in [1.807, 2.05) is 6.92 Å². The predicted octanol–water partition coefficient (Wildman–Crippen LogP) is 4.51. The van der Waals surface area contributed by atoms with Crippen molar-refractivity contribution in [2.45, 2.75) is 45.1 Å². The van der Waals surface area contributed by atoms with Gasteiger partial charge in [0.05, 0.1) is 0 Å². The monoisotopic (exact) mass is 508 g/mol. The van der Waals surface area contributed by atoms with E-state index in [1.165, 1.54) is 38.6 Å². The Balaban J connectivity index is 0.00000261. The molecule has 1 saturated heterocycles. The van der Waals surface area contributed by atoms with Crippen LogP contribution >= 0.6 is 60.4 Å². The minimum Gasteiger partial charge on any atom is -0.354 e. The Morgan fingerprint density at radius 3 is 2.21 bits per heavy atom. The molecule has 2 heterocycles. The molecule has 1 aromatic heterocycles. The van der Waals surface area contributed by atoms with Crippen molar-refractivity contribution in [2.24, 2.45) is 11.7 Å². The minimum absolute atomic E-state index is 0. The number of nitrogens with two attached hydrogens (primary N) is 1. The van der Waals surface area contributed by atoms with Crippen molar-refractivity contribution >= 4 is 72.2 Å². The van der Waals surface area contributed by atoms with E-state index in [4.69, 9.17) is 28.9 Å². The van der Waals surface area contributed by atoms with E-state index >= 15 is 0 Å². The van der Waals surface area contributed by atoms with E-state index in [0.717, 1.165) is 44.5 Å². The molecular weight excluding hydrogens is 478 g/mol. The van der Waals surface area contributed by atoms with E-state index in [0.29, 0.717) is 22.2 Å². The standard InChI is InChI=1S/C18H30Cl2N6.3ClH/c1-2-22-18-23-16(20)15(19)17(24-18)26-11-9-25(10-12-26)8-7-13-3-5-14(21)6-4-13;;;/h13-14H,2-12,21H2,1H3,(H,22,23,24);3*1H/t13-,14-;;;. The smallest absolute Gasteiger partial charge is 0.226 e. The van der Waals surface area contributed by atoms with Crippen LogP contribution < -0.4 is 16.0 Å². The van der Waals surface area contributed by atoms with Gasteiger partial charge in [0.1, 0.15) is 5.02 Å². The Hall–Kier alpha value is 0.0500. The molecule has 11 heteroatoms. The molecule has 3 N–H and O–H groups in total. The number of piperazine rings is 1. The van der Waals surface area contributed by atoms with Gasteiger partial charge in [-0.3, -0.25) is 4.90 Å². The fourth-order valence-corrected chi connectivity index (χ4v) is 4.25. The summed E-state index contributed by atoms with van der Waals surface area (Å²) in [6.45, 7) is 7.81. The zero-order chi connectivity index (χ0) is 18.5. The summed E-state index contributed by atoms with van der Waals surface area (Å²) in [4.78, 5) is 13.5. The normalized spacial score (nSPS) is 22.1. The molecule has 0 atom stereocenters. The molecule has 2 aliphatic rings. The average molecular weight is 511 g/mol. The Morgan fingerprint density at radius 2 is 1.62 bits per heavy atom. The molecule has 1 aliphatic carbocycles. The highest BCUT2D eigenvalue weighted by Gasteiger charge is 2.24. The van der Waals surface area contributed by atoms with Crippen LogP contribution in [0.4, 0.5) is 11.8 Å². The first kappa shape index (κ1) is 29.1. The summed E-state index contributed by atoms with van der Waals surface area (Å²) in [6, 6.07) is 0.436. The first-order chi connectivity index (χ1) is 12.6. The molecule has 0 aromatic carbocycles. The van der Waals surface area contributed by atoms with E-state index in [1.54, 1.807) is 0 Å². The van der Waals surface area contributed by atoms with E-state index in [9.17, 15) is 0 Å². The molecule has 3 rings (SSSR count). The van der Waals surface area contributed by atoms with Crippen LogP contribution in [0.3, 0.4) is 0 Å². The van der Waals surface area contributed by atoms with Crippen molar-refractivity contribution in [2.75, 3.05) is 49.5 Å². The molecule has 0 amide bonds. The lowest BCUT2D eigenvalue weighted by Crippen LogP contribution is -2.47. The van der Waals surface area contributed by atoms with Crippen molar-refractivity contribution in [3.8, 4) is 0 Å². The number of halogens is 5. The second-order valence-corrected chi connectivity index (χ2v) is 8.14. The number of hydrogen-bond donors (Lipinski definition) is 2. The zero-order valence-corrected chi connectivity index (χ0v) is 20.7. The summed E-state index contributed by atoms with van der Waals surface area (Å²) in [5.74, 6) is 2.13. The van der Waals surface area contributed by atoms with E-state index in [2.05, 4.69) is 25.1 Å². The number of nitrogens with one attached hydrogen (secondary N) is 1. The maximum Gasteiger partial charge on any atom is 0.226 e. The molecule has 0 radical (unpaired) electrons. The average Bonchev–Trinajstić information content (AvgIpc) is 2.65. The maximum atomic E-state index is 6.36. The summed E-state index contributed by atoms with van der Waals surface area (Å²) in [6.07, 6.45) is 6.27. The SMILES string of the molecule is CCNc1nc(Cl)c(Cl)c(N2CCN(CC[C@H]3CC[C@H](N)CC3)CC2)n1.Cl.Cl.Cl. The van der Waals surface area contributed by atoms with Crippen molar-refractivity contribution in [1.29, 1.82) is 0 Å². The van der Waals surface area contributed by atoms with Gasteiger partial charge < -0.3 is 16.0 Å². The molecule has 170 valence electrons. The van der Waals surface area contributed by atoms with Gasteiger partial charge in [-0.15, -0.1) is 37.2 Å². The van der Waals surface area contributed by atoms with Crippen LogP contribution in [0.5, 0.6) is 0 Å². The van der Waals surface area contributed by atoms with E-state index < -0.39 is 0 Å². The van der Waals surface area contributed by atoms with Crippen LogP contribution in [0, 0.1) is 5.92 Å². The largest absolute Gasteiger partial charge is 0.354 e. The lowest BCUT2D eigenvalue weighted by Gasteiger charge is -2.37. The maximum absolute atomic E-state index is 6.36. The highest BCUT2D eigenvalue weighted by atomic mass is 35.5. The van der Waals surface area contributed by atoms with Crippen LogP contribution in [0.2, 0.25) is 10.2 Å². The molecule has 29 heavy (non-hydrogen) atoms. The number of nitrogens with zero attached hydrogens (tertiary/aromatic N) is 4. The fourth-order valence-electron chi connectivity index (χ4n) is 3.88. The third-order valence-electron chi connectivity index (χ3n) is 5.55. The Morgan fingerprint density at radius 1 is 1.00 bits per heavy atom. The lowest BCUT2D eigenvalue weighted by atomic mass is 9.84. The molecular formula is C18H33Cl5N6. The van der Waals surface area contributed by atoms with Gasteiger partial charge in [-0.05, 0) is 51.5 Å². The van der Waals surface area contributed by atoms with Gasteiger partial charge in [-0.2, -0.15) is 9.97 Å². The van der Waals surface area contributed by atoms with Crippen molar-refractivity contribution < 1.29 is 0 Å². The molecule has 6 nitrogen and oxygen atoms in total. The first-order valence-electron chi connectivity index (χ1n) is 9.76. The molecule has 1 aromatic rings. The van der Waals surface area contributed by atoms with Crippen molar-refractivity contribution in [1.82, 2.24) is 14.9 Å². The second kappa shape index (κ2) is 14.2. The van der Waals surface area contributed by atoms with E-state index in [-0.39, 0.29) is 37.2 Å². The second-order valence-electron chi connectivity index (χ2n) is 7.40. The number of anilines is 2. The Bertz CT molecular complexity index is 592. The van der Waals surface area contributed by atoms with Crippen molar-refractivity contribution in [3.05, 3.63) is 10.2 Å². The molecule has 2 fully saturated rings. The lowest BCUT2D eigenvalue weighted by molar-refractivity contribution is 0.216. The van der Waals surface area contributed by atoms with Crippen LogP contribution in [-0.2, 0) is 0 Å². The van der Waals surface area contributed by atoms with Crippen LogP contribution in [0.15, 0.2) is 0 Å². The number of rotatable bonds is 6. The molecule has 0 unspecified atom stereocenters. The molecule has 1 aliphatic heterocycles. The number of aromatic nitrogens is 2. The predicted molar refractivity (Wildman–Crippen MR) is 131 cm³/mol. The summed E-state index contributed by atoms with van der Waals surface area (Å²) >= 11 is 12.5. The fraction of sp³-hybridized carbons (Fsp3) is 0.778. The summed E-state index contributed by atoms with van der Waals surface area (Å²) in [5.41, 5.74) is 6.01. The first-order valence-corrected chi connectivity index (χ1v) is 10.5. The topological polar surface area (TPSA) is 70.3 Å². The number of hydrogen-bond acceptors (Lipinski definition) is 6. The van der Waals surface area contributed by atoms with Gasteiger partial charge in [0.2, 0.25) is 5.95 Å². The minimum atomic E-state index is 0. The third-order valence-corrected chi connectivity index (χ3v) is 6.26. The van der Waals surface area contributed by atoms with Gasteiger partial charge in [0, 0.05) is 38.8 Å². The highest BCUT2D eigenvalue weighted by Crippen LogP contribution is 2.32. The molecule has 1 saturated carbocycles. The zero-order valence-electron chi connectivity index (χ0n) is 16.8. The third kappa shape index (κ3) is 8.24. The van der Waals surface area contributed by atoms with Crippen LogP contribution in [0.25, 0.3) is 0 Å². The van der Waals surface area contributed by atoms with Crippen LogP contribution in [-0.4, -0.2) is 60.2 Å². The van der Waals surface area contributed by atoms with Gasteiger partial charge in [-0.1, -0.05) is 23.2 Å². The molecule has 0 spiro atoms. The summed E-state index contributed by atoms with van der Waals surface area (Å²) in [7, 11) is 0. The molecule has 0 bridgehead atoms. The summed E-state index contributed by atoms with van der Waals surface area (Å²) < 4.78 is 0. The van der Waals surface area contributed by atoms with Gasteiger partial charge in [-0.25, -0.2) is 0 Å². The quantitative estimate of drug-likeness (QED) is 0.549. The Kier molecular flexibility index (Phi) is 14.2. The summed E-state index contributed by atoms with van der Waals surface area (Å²) in [5, 5.41) is 3.87. The van der Waals surface area contributed by atoms with Gasteiger partial charge >= 0.3 is 0 Å². The van der Waals surface area contributed by atoms with Gasteiger partial charge in [0.15, 0.2) is 11.0 Å². The Labute approximate surface area is 202 Å². The van der Waals surface area contributed by atoms with Crippen LogP contribution in [0.1, 0.15) is 39.0 Å².